The van der Waals surface area contributed by atoms with Gasteiger partial charge in [0.25, 0.3) is 0 Å². The number of hydrogen-bond acceptors (Lipinski definition) is 4. The molecule has 0 saturated heterocycles. The third-order valence-electron chi connectivity index (χ3n) is 3.15. The van der Waals surface area contributed by atoms with Crippen molar-refractivity contribution in [3.05, 3.63) is 53.3 Å². The van der Waals surface area contributed by atoms with Crippen LogP contribution in [0.4, 0.5) is 4.39 Å². The number of esters is 1. The molecule has 5 heteroatoms. The van der Waals surface area contributed by atoms with Crippen molar-refractivity contribution < 1.29 is 18.7 Å². The maximum atomic E-state index is 14.1. The maximum Gasteiger partial charge on any atom is 0.338 e. The summed E-state index contributed by atoms with van der Waals surface area (Å²) in [4.78, 5) is 11.8. The molecular weight excluding hydrogens is 285 g/mol. The van der Waals surface area contributed by atoms with Crippen LogP contribution in [0.2, 0.25) is 0 Å². The van der Waals surface area contributed by atoms with Crippen molar-refractivity contribution >= 4 is 5.97 Å². The van der Waals surface area contributed by atoms with Crippen molar-refractivity contribution in [3.8, 4) is 16.9 Å². The molecule has 0 unspecified atom stereocenters. The van der Waals surface area contributed by atoms with E-state index >= 15 is 0 Å². The first-order valence-corrected chi connectivity index (χ1v) is 6.88. The lowest BCUT2D eigenvalue weighted by atomic mass is 10.0. The highest BCUT2D eigenvalue weighted by Gasteiger charge is 2.13. The minimum atomic E-state index is -0.507. The summed E-state index contributed by atoms with van der Waals surface area (Å²) in [7, 11) is 1.29. The van der Waals surface area contributed by atoms with Crippen LogP contribution in [0.5, 0.6) is 5.75 Å². The summed E-state index contributed by atoms with van der Waals surface area (Å²) < 4.78 is 24.3. The van der Waals surface area contributed by atoms with Gasteiger partial charge in [0.1, 0.15) is 18.2 Å². The third-order valence-corrected chi connectivity index (χ3v) is 3.15. The van der Waals surface area contributed by atoms with E-state index < -0.39 is 5.97 Å². The van der Waals surface area contributed by atoms with E-state index in [4.69, 9.17) is 15.2 Å². The lowest BCUT2D eigenvalue weighted by molar-refractivity contribution is 0.0600. The number of carbonyl (C=O) groups excluding carboxylic acids is 1. The average molecular weight is 303 g/mol. The highest BCUT2D eigenvalue weighted by molar-refractivity contribution is 5.91. The van der Waals surface area contributed by atoms with Crippen LogP contribution in [-0.2, 0) is 4.74 Å². The van der Waals surface area contributed by atoms with Crippen molar-refractivity contribution in [2.45, 2.75) is 6.92 Å². The first-order chi connectivity index (χ1) is 10.5. The van der Waals surface area contributed by atoms with Crippen molar-refractivity contribution in [2.24, 2.45) is 5.73 Å². The molecule has 0 atom stereocenters. The molecule has 2 aromatic carbocycles. The maximum absolute atomic E-state index is 14.1. The molecule has 4 nitrogen and oxygen atoms in total. The Morgan fingerprint density at radius 1 is 1.23 bits per heavy atom. The van der Waals surface area contributed by atoms with Gasteiger partial charge in [-0.2, -0.15) is 0 Å². The zero-order chi connectivity index (χ0) is 16.1. The Kier molecular flexibility index (Phi) is 5.12. The Labute approximate surface area is 128 Å². The van der Waals surface area contributed by atoms with Crippen molar-refractivity contribution in [2.75, 3.05) is 20.3 Å². The molecule has 0 saturated carbocycles. The molecule has 0 aliphatic heterocycles. The topological polar surface area (TPSA) is 61.5 Å². The van der Waals surface area contributed by atoms with Crippen LogP contribution in [-0.4, -0.2) is 26.2 Å². The van der Waals surface area contributed by atoms with Gasteiger partial charge in [-0.1, -0.05) is 11.6 Å². The average Bonchev–Trinajstić information content (AvgIpc) is 2.54. The lowest BCUT2D eigenvalue weighted by Gasteiger charge is -2.11. The minimum Gasteiger partial charge on any atom is -0.492 e. The molecular formula is C17H18FNO3. The predicted molar refractivity (Wildman–Crippen MR) is 82.5 cm³/mol. The van der Waals surface area contributed by atoms with E-state index in [0.29, 0.717) is 35.6 Å². The van der Waals surface area contributed by atoms with E-state index in [1.165, 1.54) is 13.2 Å². The van der Waals surface area contributed by atoms with Crippen molar-refractivity contribution in [1.29, 1.82) is 0 Å². The van der Waals surface area contributed by atoms with Gasteiger partial charge in [-0.05, 0) is 42.8 Å². The predicted octanol–water partition coefficient (Wildman–Crippen LogP) is 2.93. The standard InChI is InChI=1S/C17H18FNO3/c1-11-3-4-16(18)15(7-11)12-8-13(17(20)21-2)10-14(9-12)22-6-5-19/h3-4,7-10H,5-6,19H2,1-2H3. The summed E-state index contributed by atoms with van der Waals surface area (Å²) in [5, 5.41) is 0. The number of rotatable bonds is 5. The summed E-state index contributed by atoms with van der Waals surface area (Å²) >= 11 is 0. The van der Waals surface area contributed by atoms with Gasteiger partial charge < -0.3 is 15.2 Å². The second kappa shape index (κ2) is 7.04. The highest BCUT2D eigenvalue weighted by atomic mass is 19.1. The number of benzene rings is 2. The van der Waals surface area contributed by atoms with Crippen LogP contribution >= 0.6 is 0 Å². The smallest absolute Gasteiger partial charge is 0.338 e. The van der Waals surface area contributed by atoms with Crippen molar-refractivity contribution in [3.63, 3.8) is 0 Å². The molecule has 0 aliphatic carbocycles. The molecule has 22 heavy (non-hydrogen) atoms. The molecule has 0 radical (unpaired) electrons. The Morgan fingerprint density at radius 3 is 2.68 bits per heavy atom. The van der Waals surface area contributed by atoms with Gasteiger partial charge in [-0.25, -0.2) is 9.18 Å². The fourth-order valence-corrected chi connectivity index (χ4v) is 2.11. The quantitative estimate of drug-likeness (QED) is 0.863. The fourth-order valence-electron chi connectivity index (χ4n) is 2.11. The Balaban J connectivity index is 2.53. The van der Waals surface area contributed by atoms with Crippen LogP contribution in [0.3, 0.4) is 0 Å². The summed E-state index contributed by atoms with van der Waals surface area (Å²) in [6.45, 7) is 2.52. The van der Waals surface area contributed by atoms with E-state index in [0.717, 1.165) is 5.56 Å². The van der Waals surface area contributed by atoms with Gasteiger partial charge in [0.2, 0.25) is 0 Å². The number of methoxy groups -OCH3 is 1. The van der Waals surface area contributed by atoms with Gasteiger partial charge in [-0.15, -0.1) is 0 Å². The van der Waals surface area contributed by atoms with Crippen LogP contribution < -0.4 is 10.5 Å². The summed E-state index contributed by atoms with van der Waals surface area (Å²) in [6, 6.07) is 9.63. The number of nitrogens with two attached hydrogens (primary N) is 1. The van der Waals surface area contributed by atoms with Crippen LogP contribution in [0.25, 0.3) is 11.1 Å². The molecule has 0 spiro atoms. The fraction of sp³-hybridized carbons (Fsp3) is 0.235. The largest absolute Gasteiger partial charge is 0.492 e. The number of hydrogen-bond donors (Lipinski definition) is 1. The van der Waals surface area contributed by atoms with Crippen molar-refractivity contribution in [1.82, 2.24) is 0 Å². The van der Waals surface area contributed by atoms with Gasteiger partial charge in [0, 0.05) is 12.1 Å². The third kappa shape index (κ3) is 3.62. The lowest BCUT2D eigenvalue weighted by Crippen LogP contribution is -2.11. The van der Waals surface area contributed by atoms with E-state index in [2.05, 4.69) is 0 Å². The molecule has 0 aliphatic rings. The zero-order valence-electron chi connectivity index (χ0n) is 12.6. The van der Waals surface area contributed by atoms with E-state index in [-0.39, 0.29) is 5.82 Å². The zero-order valence-corrected chi connectivity index (χ0v) is 12.6. The van der Waals surface area contributed by atoms with E-state index in [1.54, 1.807) is 30.3 Å². The first-order valence-electron chi connectivity index (χ1n) is 6.88. The molecule has 116 valence electrons. The second-order valence-corrected chi connectivity index (χ2v) is 4.86. The molecule has 0 heterocycles. The number of halogens is 1. The Morgan fingerprint density at radius 2 is 2.00 bits per heavy atom. The summed E-state index contributed by atoms with van der Waals surface area (Å²) in [5.41, 5.74) is 7.59. The van der Waals surface area contributed by atoms with Gasteiger partial charge >= 0.3 is 5.97 Å². The van der Waals surface area contributed by atoms with Gasteiger partial charge in [0.15, 0.2) is 0 Å². The van der Waals surface area contributed by atoms with Crippen LogP contribution in [0, 0.1) is 12.7 Å². The number of aryl methyl sites for hydroxylation is 1. The number of carbonyl (C=O) groups is 1. The molecule has 0 aromatic heterocycles. The Bertz CT molecular complexity index is 686. The van der Waals surface area contributed by atoms with Gasteiger partial charge in [-0.3, -0.25) is 0 Å². The van der Waals surface area contributed by atoms with Gasteiger partial charge in [0.05, 0.1) is 12.7 Å². The molecule has 2 aromatic rings. The molecule has 0 fully saturated rings. The molecule has 2 N–H and O–H groups in total. The SMILES string of the molecule is COC(=O)c1cc(OCCN)cc(-c2cc(C)ccc2F)c1. The first kappa shape index (κ1) is 16.0. The monoisotopic (exact) mass is 303 g/mol. The Hall–Kier alpha value is -2.40. The minimum absolute atomic E-state index is 0.299. The molecule has 0 bridgehead atoms. The highest BCUT2D eigenvalue weighted by Crippen LogP contribution is 2.29. The summed E-state index contributed by atoms with van der Waals surface area (Å²) in [5.74, 6) is -0.422. The van der Waals surface area contributed by atoms with E-state index in [9.17, 15) is 9.18 Å². The molecule has 2 rings (SSSR count). The second-order valence-electron chi connectivity index (χ2n) is 4.86. The molecule has 0 amide bonds. The summed E-state index contributed by atoms with van der Waals surface area (Å²) in [6.07, 6.45) is 0. The van der Waals surface area contributed by atoms with E-state index in [1.807, 2.05) is 6.92 Å². The number of ether oxygens (including phenoxy) is 2. The normalized spacial score (nSPS) is 10.4. The van der Waals surface area contributed by atoms with Crippen LogP contribution in [0.15, 0.2) is 36.4 Å². The van der Waals surface area contributed by atoms with Crippen LogP contribution in [0.1, 0.15) is 15.9 Å².